The van der Waals surface area contributed by atoms with Gasteiger partial charge in [0.05, 0.1) is 50.6 Å². The van der Waals surface area contributed by atoms with Crippen LogP contribution in [0.3, 0.4) is 0 Å². The molecule has 6 unspecified atom stereocenters. The minimum absolute atomic E-state index is 0.186. The molecule has 5 fully saturated rings. The maximum absolute atomic E-state index is 15.0. The number of morpholine rings is 2. The molecule has 260 valence electrons. The fraction of sp³-hybridized carbons (Fsp3) is 0.543. The zero-order valence-electron chi connectivity index (χ0n) is 27.8. The number of anilines is 5. The summed E-state index contributed by atoms with van der Waals surface area (Å²) in [6, 6.07) is 14.1. The number of aromatic nitrogens is 3. The molecule has 6 heterocycles. The van der Waals surface area contributed by atoms with E-state index in [1.165, 1.54) is 0 Å². The molecule has 5 saturated heterocycles. The maximum atomic E-state index is 15.0. The van der Waals surface area contributed by atoms with Crippen LogP contribution in [0.1, 0.15) is 25.7 Å². The van der Waals surface area contributed by atoms with Crippen molar-refractivity contribution in [2.75, 3.05) is 78.9 Å². The molecule has 6 atom stereocenters. The number of alkyl halides is 2. The van der Waals surface area contributed by atoms with Crippen LogP contribution in [0.15, 0.2) is 48.5 Å². The van der Waals surface area contributed by atoms with Crippen molar-refractivity contribution in [3.63, 3.8) is 0 Å². The summed E-state index contributed by atoms with van der Waals surface area (Å²) in [6.07, 6.45) is 0.856. The van der Waals surface area contributed by atoms with E-state index in [-0.39, 0.29) is 31.3 Å². The fourth-order valence-corrected chi connectivity index (χ4v) is 8.00. The van der Waals surface area contributed by atoms with Crippen LogP contribution in [0.5, 0.6) is 0 Å². The van der Waals surface area contributed by atoms with E-state index in [2.05, 4.69) is 34.5 Å². The molecule has 2 N–H and O–H groups in total. The molecule has 12 nitrogen and oxygen atoms in total. The molecule has 14 heteroatoms. The van der Waals surface area contributed by atoms with Crippen LogP contribution in [0.25, 0.3) is 11.4 Å². The van der Waals surface area contributed by atoms with Crippen molar-refractivity contribution in [1.82, 2.24) is 19.9 Å². The number of rotatable bonds is 7. The number of carbonyl (C=O) groups excluding carboxylic acids is 1. The molecular weight excluding hydrogens is 632 g/mol. The fourth-order valence-electron chi connectivity index (χ4n) is 8.00. The summed E-state index contributed by atoms with van der Waals surface area (Å²) in [5.41, 5.74) is 3.14. The zero-order valence-corrected chi connectivity index (χ0v) is 27.8. The summed E-state index contributed by atoms with van der Waals surface area (Å²) in [4.78, 5) is 35.8. The second-order valence-corrected chi connectivity index (χ2v) is 14.0. The van der Waals surface area contributed by atoms with Crippen LogP contribution in [-0.4, -0.2) is 122 Å². The Hall–Kier alpha value is -4.14. The quantitative estimate of drug-likeness (QED) is 0.375. The largest absolute Gasteiger partial charge is 0.377 e. The highest BCUT2D eigenvalue weighted by Gasteiger charge is 2.49. The van der Waals surface area contributed by atoms with Crippen molar-refractivity contribution >= 4 is 35.0 Å². The molecule has 1 aromatic heterocycles. The van der Waals surface area contributed by atoms with E-state index >= 15 is 0 Å². The lowest BCUT2D eigenvalue weighted by Gasteiger charge is -2.37. The smallest absolute Gasteiger partial charge is 0.323 e. The monoisotopic (exact) mass is 675 g/mol. The van der Waals surface area contributed by atoms with E-state index in [0.717, 1.165) is 31.6 Å². The second kappa shape index (κ2) is 13.3. The SMILES string of the molecule is CN(C)C1CCN(c2ccc(NC(=O)Nc3ccc(-c4nc(N5C6COCC5C(F)C6)nc(N5C6COCC5C(F)C6)n4)cc3)cc2)CC1. The van der Waals surface area contributed by atoms with Gasteiger partial charge in [0, 0.05) is 54.6 Å². The third-order valence-electron chi connectivity index (χ3n) is 10.7. The number of nitrogens with one attached hydrogen (secondary N) is 2. The van der Waals surface area contributed by atoms with E-state index < -0.39 is 24.4 Å². The first kappa shape index (κ1) is 32.1. The van der Waals surface area contributed by atoms with E-state index in [9.17, 15) is 13.6 Å². The number of halogens is 2. The first-order chi connectivity index (χ1) is 23.8. The first-order valence-corrected chi connectivity index (χ1v) is 17.3. The summed E-state index contributed by atoms with van der Waals surface area (Å²) < 4.78 is 41.3. The van der Waals surface area contributed by atoms with Crippen molar-refractivity contribution in [3.05, 3.63) is 48.5 Å². The number of piperidine rings is 1. The van der Waals surface area contributed by atoms with Crippen molar-refractivity contribution in [3.8, 4) is 11.4 Å². The van der Waals surface area contributed by atoms with Crippen LogP contribution in [0, 0.1) is 0 Å². The molecule has 5 aliphatic rings. The van der Waals surface area contributed by atoms with E-state index in [4.69, 9.17) is 24.4 Å². The topological polar surface area (TPSA) is 111 Å². The molecule has 0 spiro atoms. The molecule has 0 radical (unpaired) electrons. The highest BCUT2D eigenvalue weighted by molar-refractivity contribution is 6.00. The van der Waals surface area contributed by atoms with Crippen molar-refractivity contribution < 1.29 is 23.0 Å². The minimum atomic E-state index is -1.05. The number of hydrogen-bond donors (Lipinski definition) is 2. The molecule has 4 bridgehead atoms. The van der Waals surface area contributed by atoms with Gasteiger partial charge in [-0.3, -0.25) is 0 Å². The van der Waals surface area contributed by atoms with Gasteiger partial charge in [-0.25, -0.2) is 13.6 Å². The standard InChI is InChI=1S/C35H43F2N9O3/c1-43(2)24-11-13-44(14-12-24)25-9-7-23(8-10-25)39-35(47)38-22-5-3-21(4-6-22)32-40-33(45-26-15-28(36)30(45)19-48-17-26)42-34(41-32)46-27-16-29(37)31(46)20-49-18-27/h3-10,24,26-31H,11-20H2,1-2H3,(H2,38,39,47). The second-order valence-electron chi connectivity index (χ2n) is 14.0. The lowest BCUT2D eigenvalue weighted by molar-refractivity contribution is 0.0810. The number of hydrogen-bond acceptors (Lipinski definition) is 10. The van der Waals surface area contributed by atoms with Gasteiger partial charge in [-0.05, 0) is 75.5 Å². The number of ether oxygens (including phenoxy) is 2. The van der Waals surface area contributed by atoms with Gasteiger partial charge < -0.3 is 39.7 Å². The summed E-state index contributed by atoms with van der Waals surface area (Å²) in [5, 5.41) is 5.80. The number of nitrogens with zero attached hydrogens (tertiary/aromatic N) is 7. The molecule has 2 aromatic carbocycles. The molecule has 2 amide bonds. The number of fused-ring (bicyclic) bond motifs is 4. The van der Waals surface area contributed by atoms with Gasteiger partial charge in [-0.2, -0.15) is 15.0 Å². The third-order valence-corrected chi connectivity index (χ3v) is 10.7. The summed E-state index contributed by atoms with van der Waals surface area (Å²) in [6.45, 7) is 3.32. The Morgan fingerprint density at radius 3 is 1.76 bits per heavy atom. The summed E-state index contributed by atoms with van der Waals surface area (Å²) in [7, 11) is 4.28. The number of amides is 2. The van der Waals surface area contributed by atoms with E-state index in [0.29, 0.717) is 66.8 Å². The van der Waals surface area contributed by atoms with E-state index in [1.807, 2.05) is 46.2 Å². The van der Waals surface area contributed by atoms with Crippen LogP contribution < -0.4 is 25.3 Å². The molecule has 0 aliphatic carbocycles. The molecule has 5 aliphatic heterocycles. The Kier molecular flexibility index (Phi) is 8.70. The molecule has 0 saturated carbocycles. The normalized spacial score (nSPS) is 28.3. The van der Waals surface area contributed by atoms with Crippen LogP contribution in [-0.2, 0) is 9.47 Å². The van der Waals surface area contributed by atoms with Gasteiger partial charge in [-0.1, -0.05) is 0 Å². The summed E-state index contributed by atoms with van der Waals surface area (Å²) >= 11 is 0. The van der Waals surface area contributed by atoms with E-state index in [1.54, 1.807) is 12.1 Å². The number of benzene rings is 2. The Bertz CT molecular complexity index is 1590. The van der Waals surface area contributed by atoms with Crippen LogP contribution in [0.4, 0.5) is 42.5 Å². The highest BCUT2D eigenvalue weighted by Crippen LogP contribution is 2.39. The minimum Gasteiger partial charge on any atom is -0.377 e. The Morgan fingerprint density at radius 2 is 1.27 bits per heavy atom. The predicted molar refractivity (Wildman–Crippen MR) is 184 cm³/mol. The molecule has 8 rings (SSSR count). The Morgan fingerprint density at radius 1 is 0.755 bits per heavy atom. The maximum Gasteiger partial charge on any atom is 0.323 e. The predicted octanol–water partition coefficient (Wildman–Crippen LogP) is 4.34. The average Bonchev–Trinajstić information content (AvgIpc) is 3.42. The highest BCUT2D eigenvalue weighted by atomic mass is 19.1. The van der Waals surface area contributed by atoms with Gasteiger partial charge in [-0.15, -0.1) is 0 Å². The molecule has 49 heavy (non-hydrogen) atoms. The first-order valence-electron chi connectivity index (χ1n) is 17.3. The third kappa shape index (κ3) is 6.37. The van der Waals surface area contributed by atoms with Crippen molar-refractivity contribution in [2.45, 2.75) is 68.2 Å². The summed E-state index contributed by atoms with van der Waals surface area (Å²) in [5.74, 6) is 1.13. The van der Waals surface area contributed by atoms with Gasteiger partial charge in [0.2, 0.25) is 11.9 Å². The molecule has 3 aromatic rings. The number of urea groups is 1. The van der Waals surface area contributed by atoms with Crippen LogP contribution in [0.2, 0.25) is 0 Å². The Labute approximate surface area is 284 Å². The molecular formula is C35H43F2N9O3. The van der Waals surface area contributed by atoms with Crippen LogP contribution >= 0.6 is 0 Å². The lowest BCUT2D eigenvalue weighted by Crippen LogP contribution is -2.50. The Balaban J connectivity index is 0.973. The van der Waals surface area contributed by atoms with Gasteiger partial charge in [0.15, 0.2) is 5.82 Å². The van der Waals surface area contributed by atoms with Crippen molar-refractivity contribution in [1.29, 1.82) is 0 Å². The number of carbonyl (C=O) groups is 1. The van der Waals surface area contributed by atoms with Gasteiger partial charge in [0.25, 0.3) is 0 Å². The van der Waals surface area contributed by atoms with Gasteiger partial charge >= 0.3 is 6.03 Å². The average molecular weight is 676 g/mol. The van der Waals surface area contributed by atoms with Crippen molar-refractivity contribution in [2.24, 2.45) is 0 Å². The zero-order chi connectivity index (χ0) is 33.6. The van der Waals surface area contributed by atoms with Gasteiger partial charge in [0.1, 0.15) is 12.3 Å². The lowest BCUT2D eigenvalue weighted by atomic mass is 10.0.